The highest BCUT2D eigenvalue weighted by molar-refractivity contribution is 5.83. The van der Waals surface area contributed by atoms with Crippen molar-refractivity contribution in [2.24, 2.45) is 0 Å². The normalized spacial score (nSPS) is 14.2. The van der Waals surface area contributed by atoms with E-state index in [0.29, 0.717) is 41.7 Å². The summed E-state index contributed by atoms with van der Waals surface area (Å²) in [6.07, 6.45) is -2.12. The van der Waals surface area contributed by atoms with Crippen molar-refractivity contribution in [3.8, 4) is 22.4 Å². The molecule has 1 aliphatic rings. The van der Waals surface area contributed by atoms with Crippen LogP contribution < -0.4 is 0 Å². The summed E-state index contributed by atoms with van der Waals surface area (Å²) in [7, 11) is 0. The maximum Gasteiger partial charge on any atom is 0.419 e. The van der Waals surface area contributed by atoms with E-state index in [4.69, 9.17) is 4.74 Å². The van der Waals surface area contributed by atoms with Gasteiger partial charge in [-0.15, -0.1) is 0 Å². The van der Waals surface area contributed by atoms with Gasteiger partial charge in [0.2, 0.25) is 0 Å². The first kappa shape index (κ1) is 22.8. The van der Waals surface area contributed by atoms with Gasteiger partial charge in [-0.25, -0.2) is 9.18 Å². The molecule has 0 saturated heterocycles. The van der Waals surface area contributed by atoms with Crippen LogP contribution in [-0.4, -0.2) is 37.9 Å². The summed E-state index contributed by atoms with van der Waals surface area (Å²) in [5.41, 5.74) is 0.515. The summed E-state index contributed by atoms with van der Waals surface area (Å²) in [6.45, 7) is 6.22. The summed E-state index contributed by atoms with van der Waals surface area (Å²) in [6, 6.07) is 6.22. The van der Waals surface area contributed by atoms with Gasteiger partial charge >= 0.3 is 12.3 Å². The maximum absolute atomic E-state index is 14.3. The number of nitrogens with zero attached hydrogens (tertiary/aromatic N) is 4. The molecule has 33 heavy (non-hydrogen) atoms. The lowest BCUT2D eigenvalue weighted by molar-refractivity contribution is -0.139. The molecule has 1 amide bonds. The highest BCUT2D eigenvalue weighted by Crippen LogP contribution is 2.39. The van der Waals surface area contributed by atoms with Crippen molar-refractivity contribution < 1.29 is 27.1 Å². The molecule has 4 rings (SSSR count). The molecule has 0 N–H and O–H groups in total. The summed E-state index contributed by atoms with van der Waals surface area (Å²) in [4.78, 5) is 18.2. The molecule has 0 aliphatic carbocycles. The summed E-state index contributed by atoms with van der Waals surface area (Å²) in [5, 5.41) is 4.57. The highest BCUT2D eigenvalue weighted by atomic mass is 19.4. The summed E-state index contributed by atoms with van der Waals surface area (Å²) >= 11 is 0. The number of alkyl halides is 3. The van der Waals surface area contributed by atoms with Crippen molar-refractivity contribution in [2.45, 2.75) is 45.6 Å². The molecule has 10 heteroatoms. The molecule has 0 saturated carbocycles. The fourth-order valence-electron chi connectivity index (χ4n) is 3.72. The Balaban J connectivity index is 1.80. The van der Waals surface area contributed by atoms with Gasteiger partial charge in [0.25, 0.3) is 0 Å². The SMILES string of the molecule is CC(C)(C)OC(=O)N1CCn2nc(-c3ccc(C(F)(F)F)c(F)c3)c(-c3ccncc3)c2C1. The second kappa shape index (κ2) is 8.17. The molecule has 0 bridgehead atoms. The predicted octanol–water partition coefficient (Wildman–Crippen LogP) is 5.52. The molecule has 0 unspecified atom stereocenters. The largest absolute Gasteiger partial charge is 0.444 e. The first-order valence-corrected chi connectivity index (χ1v) is 10.3. The number of fused-ring (bicyclic) bond motifs is 1. The van der Waals surface area contributed by atoms with Crippen molar-refractivity contribution in [3.63, 3.8) is 0 Å². The van der Waals surface area contributed by atoms with Crippen LogP contribution in [0.15, 0.2) is 42.7 Å². The zero-order valence-corrected chi connectivity index (χ0v) is 18.3. The minimum absolute atomic E-state index is 0.183. The first-order valence-electron chi connectivity index (χ1n) is 10.3. The number of ether oxygens (including phenoxy) is 1. The third-order valence-electron chi connectivity index (χ3n) is 5.15. The number of hydrogen-bond acceptors (Lipinski definition) is 4. The van der Waals surface area contributed by atoms with Crippen LogP contribution in [0.5, 0.6) is 0 Å². The fraction of sp³-hybridized carbons (Fsp3) is 0.348. The Morgan fingerprint density at radius 2 is 1.73 bits per heavy atom. The summed E-state index contributed by atoms with van der Waals surface area (Å²) < 4.78 is 60.6. The number of pyridine rings is 1. The van der Waals surface area contributed by atoms with Gasteiger partial charge < -0.3 is 9.64 Å². The van der Waals surface area contributed by atoms with E-state index in [-0.39, 0.29) is 12.1 Å². The Morgan fingerprint density at radius 1 is 1.03 bits per heavy atom. The Bertz CT molecular complexity index is 1180. The molecule has 0 spiro atoms. The van der Waals surface area contributed by atoms with E-state index in [1.165, 1.54) is 6.07 Å². The average molecular weight is 462 g/mol. The van der Waals surface area contributed by atoms with Gasteiger partial charge in [0.1, 0.15) is 17.1 Å². The van der Waals surface area contributed by atoms with E-state index in [2.05, 4.69) is 10.1 Å². The Morgan fingerprint density at radius 3 is 2.33 bits per heavy atom. The predicted molar refractivity (Wildman–Crippen MR) is 112 cm³/mol. The molecule has 6 nitrogen and oxygen atoms in total. The van der Waals surface area contributed by atoms with Crippen molar-refractivity contribution in [3.05, 3.63) is 59.8 Å². The zero-order valence-electron chi connectivity index (χ0n) is 18.3. The Kier molecular flexibility index (Phi) is 5.63. The lowest BCUT2D eigenvalue weighted by Gasteiger charge is -2.30. The smallest absolute Gasteiger partial charge is 0.419 e. The number of rotatable bonds is 2. The quantitative estimate of drug-likeness (QED) is 0.471. The van der Waals surface area contributed by atoms with Crippen LogP contribution in [-0.2, 0) is 24.0 Å². The van der Waals surface area contributed by atoms with E-state index >= 15 is 0 Å². The first-order chi connectivity index (χ1) is 15.4. The number of halogens is 4. The molecule has 0 atom stereocenters. The lowest BCUT2D eigenvalue weighted by atomic mass is 9.98. The number of hydrogen-bond donors (Lipinski definition) is 0. The third-order valence-corrected chi connectivity index (χ3v) is 5.15. The number of amides is 1. The molecule has 0 radical (unpaired) electrons. The van der Waals surface area contributed by atoms with Crippen LogP contribution in [0.3, 0.4) is 0 Å². The molecule has 174 valence electrons. The fourth-order valence-corrected chi connectivity index (χ4v) is 3.72. The average Bonchev–Trinajstić information content (AvgIpc) is 3.11. The lowest BCUT2D eigenvalue weighted by Crippen LogP contribution is -2.41. The van der Waals surface area contributed by atoms with Gasteiger partial charge in [0.05, 0.1) is 24.3 Å². The van der Waals surface area contributed by atoms with Gasteiger partial charge in [-0.3, -0.25) is 9.67 Å². The van der Waals surface area contributed by atoms with Gasteiger partial charge in [-0.05, 0) is 50.6 Å². The van der Waals surface area contributed by atoms with Crippen LogP contribution in [0.4, 0.5) is 22.4 Å². The number of aromatic nitrogens is 3. The molecule has 2 aromatic heterocycles. The van der Waals surface area contributed by atoms with E-state index in [0.717, 1.165) is 6.07 Å². The van der Waals surface area contributed by atoms with Crippen LogP contribution in [0.2, 0.25) is 0 Å². The molecular weight excluding hydrogens is 440 g/mol. The van der Waals surface area contributed by atoms with Crippen LogP contribution in [0.25, 0.3) is 22.4 Å². The van der Waals surface area contributed by atoms with Gasteiger partial charge in [0, 0.05) is 30.1 Å². The zero-order chi connectivity index (χ0) is 24.0. The molecule has 1 aliphatic heterocycles. The van der Waals surface area contributed by atoms with Crippen LogP contribution in [0.1, 0.15) is 32.0 Å². The van der Waals surface area contributed by atoms with E-state index in [1.807, 2.05) is 0 Å². The minimum Gasteiger partial charge on any atom is -0.444 e. The second-order valence-corrected chi connectivity index (χ2v) is 8.72. The second-order valence-electron chi connectivity index (χ2n) is 8.72. The molecular formula is C23H22F4N4O2. The van der Waals surface area contributed by atoms with Crippen LogP contribution in [0, 0.1) is 5.82 Å². The molecule has 0 fully saturated rings. The Hall–Kier alpha value is -3.43. The van der Waals surface area contributed by atoms with E-state index in [1.54, 1.807) is 54.9 Å². The van der Waals surface area contributed by atoms with E-state index < -0.39 is 29.3 Å². The topological polar surface area (TPSA) is 60.2 Å². The van der Waals surface area contributed by atoms with Gasteiger partial charge in [-0.1, -0.05) is 6.07 Å². The molecule has 3 heterocycles. The van der Waals surface area contributed by atoms with Crippen molar-refractivity contribution in [2.75, 3.05) is 6.54 Å². The number of carbonyl (C=O) groups is 1. The van der Waals surface area contributed by atoms with Crippen molar-refractivity contribution >= 4 is 6.09 Å². The standard InChI is InChI=1S/C23H22F4N4O2/c1-22(2,3)33-21(32)30-10-11-31-18(13-30)19(14-6-8-28-9-7-14)20(29-31)15-4-5-16(17(24)12-15)23(25,26)27/h4-9,12H,10-11,13H2,1-3H3. The van der Waals surface area contributed by atoms with Crippen molar-refractivity contribution in [1.82, 2.24) is 19.7 Å². The van der Waals surface area contributed by atoms with E-state index in [9.17, 15) is 22.4 Å². The highest BCUT2D eigenvalue weighted by Gasteiger charge is 2.35. The minimum atomic E-state index is -4.79. The molecule has 3 aromatic rings. The van der Waals surface area contributed by atoms with Gasteiger partial charge in [-0.2, -0.15) is 18.3 Å². The summed E-state index contributed by atoms with van der Waals surface area (Å²) in [5.74, 6) is -1.37. The molecule has 1 aromatic carbocycles. The maximum atomic E-state index is 14.3. The van der Waals surface area contributed by atoms with Crippen molar-refractivity contribution in [1.29, 1.82) is 0 Å². The van der Waals surface area contributed by atoms with Gasteiger partial charge in [0.15, 0.2) is 0 Å². The third kappa shape index (κ3) is 4.69. The van der Waals surface area contributed by atoms with Crippen LogP contribution >= 0.6 is 0 Å². The monoisotopic (exact) mass is 462 g/mol. The number of carbonyl (C=O) groups excluding carboxylic acids is 1. The number of benzene rings is 1. The Labute approximate surface area is 187 Å².